The molecule has 12 nitrogen and oxygen atoms in total. The Hall–Kier alpha value is -4.53. The first-order valence-electron chi connectivity index (χ1n) is 15.6. The van der Waals surface area contributed by atoms with Crippen LogP contribution in [0.15, 0.2) is 47.4 Å². The van der Waals surface area contributed by atoms with Crippen LogP contribution in [-0.4, -0.2) is 99.9 Å². The van der Waals surface area contributed by atoms with E-state index in [-0.39, 0.29) is 30.4 Å². The fourth-order valence-corrected chi connectivity index (χ4v) is 8.78. The van der Waals surface area contributed by atoms with E-state index in [0.717, 1.165) is 65.5 Å². The van der Waals surface area contributed by atoms with E-state index < -0.39 is 6.09 Å². The number of carbonyl (C=O) groups excluding carboxylic acids is 3. The van der Waals surface area contributed by atoms with Crippen LogP contribution in [-0.2, 0) is 14.3 Å². The predicted molar refractivity (Wildman–Crippen MR) is 182 cm³/mol. The lowest BCUT2D eigenvalue weighted by molar-refractivity contribution is -0.138. The molecule has 2 saturated heterocycles. The molecule has 0 bridgehead atoms. The summed E-state index contributed by atoms with van der Waals surface area (Å²) in [4.78, 5) is 58.5. The number of imidazole rings is 2. The van der Waals surface area contributed by atoms with Crippen LogP contribution in [0.2, 0.25) is 0 Å². The highest BCUT2D eigenvalue weighted by Crippen LogP contribution is 2.44. The van der Waals surface area contributed by atoms with Crippen LogP contribution in [0.1, 0.15) is 43.0 Å². The molecule has 244 valence electrons. The quantitative estimate of drug-likeness (QED) is 0.194. The van der Waals surface area contributed by atoms with Gasteiger partial charge in [0.25, 0.3) is 0 Å². The van der Waals surface area contributed by atoms with Crippen molar-refractivity contribution in [1.29, 1.82) is 0 Å². The van der Waals surface area contributed by atoms with Crippen LogP contribution in [0, 0.1) is 0 Å². The number of thiophene rings is 2. The smallest absolute Gasteiger partial charge is 0.407 e. The summed E-state index contributed by atoms with van der Waals surface area (Å²) in [6.45, 7) is 1.68. The number of H-pyrrole nitrogens is 2. The van der Waals surface area contributed by atoms with Gasteiger partial charge < -0.3 is 34.7 Å². The zero-order valence-corrected chi connectivity index (χ0v) is 28.0. The SMILES string of the molecule is COC(=O)NCC(=O)N1CCC1c1ncc(-c2csc3c(-c4ccc(-c5cnc(C6CCCN6C(=O)CN(C)C)[nH]5)cc4)csc23)[nH]1. The molecule has 2 unspecified atom stereocenters. The van der Waals surface area contributed by atoms with E-state index in [4.69, 9.17) is 0 Å². The fourth-order valence-electron chi connectivity index (χ4n) is 6.33. The molecule has 0 saturated carbocycles. The molecule has 3 N–H and O–H groups in total. The van der Waals surface area contributed by atoms with E-state index in [2.05, 4.69) is 65.0 Å². The van der Waals surface area contributed by atoms with Gasteiger partial charge in [0.2, 0.25) is 11.8 Å². The third-order valence-electron chi connectivity index (χ3n) is 8.84. The van der Waals surface area contributed by atoms with E-state index >= 15 is 0 Å². The number of amides is 3. The number of aromatic amines is 2. The molecule has 2 atom stereocenters. The number of likely N-dealkylation sites (tertiary alicyclic amines) is 2. The highest BCUT2D eigenvalue weighted by atomic mass is 32.1. The summed E-state index contributed by atoms with van der Waals surface area (Å²) in [5.41, 5.74) is 6.32. The lowest BCUT2D eigenvalue weighted by Gasteiger charge is -2.39. The summed E-state index contributed by atoms with van der Waals surface area (Å²) < 4.78 is 6.97. The Morgan fingerprint density at radius 3 is 2.17 bits per heavy atom. The zero-order chi connectivity index (χ0) is 32.7. The van der Waals surface area contributed by atoms with Crippen molar-refractivity contribution in [3.63, 3.8) is 0 Å². The Morgan fingerprint density at radius 2 is 1.49 bits per heavy atom. The third-order valence-corrected chi connectivity index (χ3v) is 11.0. The Bertz CT molecular complexity index is 1920. The number of likely N-dealkylation sites (N-methyl/N-ethyl adjacent to an activating group) is 1. The Kier molecular flexibility index (Phi) is 8.55. The van der Waals surface area contributed by atoms with Crippen LogP contribution in [0.25, 0.3) is 43.0 Å². The third kappa shape index (κ3) is 6.03. The number of alkyl carbamates (subject to hydrolysis) is 1. The van der Waals surface area contributed by atoms with Crippen molar-refractivity contribution >= 4 is 50.0 Å². The summed E-state index contributed by atoms with van der Waals surface area (Å²) >= 11 is 3.42. The van der Waals surface area contributed by atoms with Gasteiger partial charge >= 0.3 is 6.09 Å². The van der Waals surface area contributed by atoms with Gasteiger partial charge in [0.05, 0.1) is 58.9 Å². The van der Waals surface area contributed by atoms with E-state index in [0.29, 0.717) is 13.1 Å². The monoisotopic (exact) mass is 672 g/mol. The molecule has 0 spiro atoms. The average molecular weight is 673 g/mol. The maximum atomic E-state index is 12.8. The second-order valence-corrected chi connectivity index (χ2v) is 13.9. The second-order valence-electron chi connectivity index (χ2n) is 12.1. The molecule has 47 heavy (non-hydrogen) atoms. The van der Waals surface area contributed by atoms with Gasteiger partial charge in [-0.15, -0.1) is 22.7 Å². The van der Waals surface area contributed by atoms with E-state index in [1.165, 1.54) is 22.1 Å². The molecule has 3 amide bonds. The van der Waals surface area contributed by atoms with Crippen LogP contribution < -0.4 is 5.32 Å². The number of ether oxygens (including phenoxy) is 1. The first-order valence-corrected chi connectivity index (χ1v) is 17.3. The number of hydrogen-bond acceptors (Lipinski definition) is 9. The molecule has 7 rings (SSSR count). The number of methoxy groups -OCH3 is 1. The van der Waals surface area contributed by atoms with Gasteiger partial charge in [0.15, 0.2) is 0 Å². The molecule has 2 aliphatic rings. The molecule has 2 aliphatic heterocycles. The summed E-state index contributed by atoms with van der Waals surface area (Å²) in [5, 5.41) is 6.81. The minimum absolute atomic E-state index is 0.0148. The summed E-state index contributed by atoms with van der Waals surface area (Å²) in [6, 6.07) is 8.36. The summed E-state index contributed by atoms with van der Waals surface area (Å²) in [6.07, 6.45) is 5.77. The maximum Gasteiger partial charge on any atom is 0.407 e. The predicted octanol–water partition coefficient (Wildman–Crippen LogP) is 5.26. The number of aromatic nitrogens is 4. The summed E-state index contributed by atoms with van der Waals surface area (Å²) in [5.74, 6) is 1.55. The van der Waals surface area contributed by atoms with Crippen molar-refractivity contribution in [3.05, 3.63) is 59.1 Å². The normalized spacial score (nSPS) is 17.8. The molecule has 0 aliphatic carbocycles. The number of carbonyl (C=O) groups is 3. The van der Waals surface area contributed by atoms with Gasteiger partial charge in [-0.05, 0) is 44.5 Å². The lowest BCUT2D eigenvalue weighted by Crippen LogP contribution is -2.49. The number of benzene rings is 1. The van der Waals surface area contributed by atoms with Gasteiger partial charge in [-0.1, -0.05) is 24.3 Å². The van der Waals surface area contributed by atoms with E-state index in [1.54, 1.807) is 27.6 Å². The molecule has 0 radical (unpaired) electrons. The first-order chi connectivity index (χ1) is 22.8. The number of nitrogens with one attached hydrogen (secondary N) is 3. The fraction of sp³-hybridized carbons (Fsp3) is 0.364. The number of rotatable bonds is 9. The maximum absolute atomic E-state index is 12.8. The van der Waals surface area contributed by atoms with E-state index in [9.17, 15) is 14.4 Å². The van der Waals surface area contributed by atoms with Gasteiger partial charge in [0, 0.05) is 35.0 Å². The van der Waals surface area contributed by atoms with Gasteiger partial charge in [-0.3, -0.25) is 9.59 Å². The number of hydrogen-bond donors (Lipinski definition) is 3. The molecule has 1 aromatic carbocycles. The minimum atomic E-state index is -0.628. The molecule has 4 aromatic heterocycles. The van der Waals surface area contributed by atoms with Gasteiger partial charge in [-0.25, -0.2) is 14.8 Å². The number of fused-ring (bicyclic) bond motifs is 1. The molecule has 2 fully saturated rings. The molecular weight excluding hydrogens is 637 g/mol. The number of nitrogens with zero attached hydrogens (tertiary/aromatic N) is 5. The van der Waals surface area contributed by atoms with Gasteiger partial charge in [-0.2, -0.15) is 0 Å². The van der Waals surface area contributed by atoms with E-state index in [1.807, 2.05) is 36.3 Å². The molecule has 6 heterocycles. The summed E-state index contributed by atoms with van der Waals surface area (Å²) in [7, 11) is 5.10. The topological polar surface area (TPSA) is 140 Å². The average Bonchev–Trinajstić information content (AvgIpc) is 3.87. The second kappa shape index (κ2) is 12.9. The molecule has 14 heteroatoms. The lowest BCUT2D eigenvalue weighted by atomic mass is 10.0. The van der Waals surface area contributed by atoms with Crippen molar-refractivity contribution < 1.29 is 19.1 Å². The van der Waals surface area contributed by atoms with Gasteiger partial charge in [0.1, 0.15) is 18.2 Å². The van der Waals surface area contributed by atoms with Crippen LogP contribution >= 0.6 is 22.7 Å². The van der Waals surface area contributed by atoms with Crippen molar-refractivity contribution in [2.75, 3.05) is 47.4 Å². The van der Waals surface area contributed by atoms with Crippen molar-refractivity contribution in [2.24, 2.45) is 0 Å². The first kappa shape index (κ1) is 31.1. The van der Waals surface area contributed by atoms with Crippen LogP contribution in [0.5, 0.6) is 0 Å². The van der Waals surface area contributed by atoms with Crippen molar-refractivity contribution in [2.45, 2.75) is 31.3 Å². The largest absolute Gasteiger partial charge is 0.453 e. The Morgan fingerprint density at radius 1 is 0.872 bits per heavy atom. The van der Waals surface area contributed by atoms with Crippen LogP contribution in [0.3, 0.4) is 0 Å². The Labute approximate surface area is 279 Å². The molecule has 5 aromatic rings. The highest BCUT2D eigenvalue weighted by molar-refractivity contribution is 7.27. The van der Waals surface area contributed by atoms with Crippen molar-refractivity contribution in [1.82, 2.24) is 40.0 Å². The highest BCUT2D eigenvalue weighted by Gasteiger charge is 2.36. The molecular formula is C33H36N8O4S2. The minimum Gasteiger partial charge on any atom is -0.453 e. The zero-order valence-electron chi connectivity index (χ0n) is 26.4. The van der Waals surface area contributed by atoms with Crippen molar-refractivity contribution in [3.8, 4) is 33.6 Å². The Balaban J connectivity index is 1.04. The standard InChI is InChI=1S/C33H36N8O4S2/c1-39(2)16-28(43)40-11-4-5-25(40)31-34-13-23(37-31)20-8-6-19(7-9-20)21-17-46-30-22(18-47-29(21)30)24-14-35-32(38-24)26-10-12-41(26)27(42)15-36-33(44)45-3/h6-9,13-14,17-18,25-26H,4-5,10-12,15-16H2,1-3H3,(H,34,37)(H,35,38)(H,36,44). The van der Waals surface area contributed by atoms with Crippen LogP contribution in [0.4, 0.5) is 4.79 Å².